The van der Waals surface area contributed by atoms with Gasteiger partial charge in [-0.15, -0.1) is 0 Å². The molecule has 5 unspecified atom stereocenters. The second-order valence-electron chi connectivity index (χ2n) is 4.13. The Kier molecular flexibility index (Phi) is 1.30. The third-order valence-corrected chi connectivity index (χ3v) is 3.82. The Morgan fingerprint density at radius 1 is 1.10 bits per heavy atom. The van der Waals surface area contributed by atoms with E-state index >= 15 is 0 Å². The molecule has 2 aliphatic rings. The molecule has 0 aliphatic heterocycles. The van der Waals surface area contributed by atoms with E-state index in [2.05, 4.69) is 13.8 Å². The molecule has 0 aromatic heterocycles. The lowest BCUT2D eigenvalue weighted by molar-refractivity contribution is 0.143. The molecule has 2 saturated carbocycles. The summed E-state index contributed by atoms with van der Waals surface area (Å²) < 4.78 is 13.0. The van der Waals surface area contributed by atoms with Crippen LogP contribution in [-0.2, 0) is 0 Å². The Morgan fingerprint density at radius 2 is 1.80 bits per heavy atom. The Balaban J connectivity index is 2.16. The van der Waals surface area contributed by atoms with Crippen LogP contribution in [-0.4, -0.2) is 6.17 Å². The van der Waals surface area contributed by atoms with Crippen LogP contribution < -0.4 is 0 Å². The Morgan fingerprint density at radius 3 is 2.20 bits per heavy atom. The summed E-state index contributed by atoms with van der Waals surface area (Å²) in [5.74, 6) is 2.57. The normalized spacial score (nSPS) is 59.7. The summed E-state index contributed by atoms with van der Waals surface area (Å²) in [6.07, 6.45) is 1.57. The molecule has 0 N–H and O–H groups in total. The van der Waals surface area contributed by atoms with Crippen LogP contribution >= 0.6 is 0 Å². The van der Waals surface area contributed by atoms with Gasteiger partial charge in [0.15, 0.2) is 0 Å². The third kappa shape index (κ3) is 0.665. The summed E-state index contributed by atoms with van der Waals surface area (Å²) in [5, 5.41) is 0. The van der Waals surface area contributed by atoms with Crippen LogP contribution in [0.15, 0.2) is 0 Å². The van der Waals surface area contributed by atoms with Gasteiger partial charge in [0.1, 0.15) is 6.17 Å². The van der Waals surface area contributed by atoms with Crippen molar-refractivity contribution in [2.75, 3.05) is 0 Å². The van der Waals surface area contributed by atoms with Crippen LogP contribution in [0.5, 0.6) is 0 Å². The van der Waals surface area contributed by atoms with E-state index in [4.69, 9.17) is 0 Å². The van der Waals surface area contributed by atoms with Crippen LogP contribution in [0.1, 0.15) is 26.7 Å². The predicted molar refractivity (Wildman–Crippen MR) is 39.4 cm³/mol. The largest absolute Gasteiger partial charge is 0.247 e. The van der Waals surface area contributed by atoms with Crippen molar-refractivity contribution in [2.24, 2.45) is 23.7 Å². The van der Waals surface area contributed by atoms with Crippen LogP contribution in [0.2, 0.25) is 0 Å². The number of alkyl halides is 1. The molecule has 0 radical (unpaired) electrons. The monoisotopic (exact) mass is 142 g/mol. The van der Waals surface area contributed by atoms with Gasteiger partial charge in [-0.3, -0.25) is 0 Å². The van der Waals surface area contributed by atoms with Crippen molar-refractivity contribution in [1.29, 1.82) is 0 Å². The van der Waals surface area contributed by atoms with Gasteiger partial charge in [-0.05, 0) is 36.5 Å². The number of hydrogen-bond acceptors (Lipinski definition) is 0. The van der Waals surface area contributed by atoms with E-state index < -0.39 is 6.17 Å². The lowest BCUT2D eigenvalue weighted by Gasteiger charge is -2.26. The van der Waals surface area contributed by atoms with Gasteiger partial charge in [-0.2, -0.15) is 0 Å². The molecule has 58 valence electrons. The molecule has 0 saturated heterocycles. The van der Waals surface area contributed by atoms with E-state index in [0.29, 0.717) is 11.8 Å². The van der Waals surface area contributed by atoms with Gasteiger partial charge in [-0.1, -0.05) is 13.8 Å². The van der Waals surface area contributed by atoms with Gasteiger partial charge in [-0.25, -0.2) is 4.39 Å². The van der Waals surface area contributed by atoms with Crippen molar-refractivity contribution >= 4 is 0 Å². The van der Waals surface area contributed by atoms with Gasteiger partial charge < -0.3 is 0 Å². The first kappa shape index (κ1) is 6.63. The molecule has 10 heavy (non-hydrogen) atoms. The van der Waals surface area contributed by atoms with Gasteiger partial charge in [0.25, 0.3) is 0 Å². The first-order valence-electron chi connectivity index (χ1n) is 4.34. The molecule has 2 bridgehead atoms. The van der Waals surface area contributed by atoms with E-state index in [1.54, 1.807) is 0 Å². The zero-order valence-corrected chi connectivity index (χ0v) is 6.68. The van der Waals surface area contributed by atoms with Gasteiger partial charge >= 0.3 is 0 Å². The Labute approximate surface area is 61.8 Å². The van der Waals surface area contributed by atoms with Gasteiger partial charge in [0.05, 0.1) is 0 Å². The molecule has 0 aromatic rings. The lowest BCUT2D eigenvalue weighted by atomic mass is 9.81. The lowest BCUT2D eigenvalue weighted by Crippen LogP contribution is -2.24. The Bertz CT molecular complexity index is 142. The number of halogens is 1. The van der Waals surface area contributed by atoms with Crippen molar-refractivity contribution in [3.8, 4) is 0 Å². The maximum Gasteiger partial charge on any atom is 0.103 e. The van der Waals surface area contributed by atoms with Crippen molar-refractivity contribution in [3.05, 3.63) is 0 Å². The third-order valence-electron chi connectivity index (χ3n) is 3.82. The molecule has 0 spiro atoms. The second kappa shape index (κ2) is 1.96. The zero-order chi connectivity index (χ0) is 7.30. The molecule has 5 atom stereocenters. The fourth-order valence-corrected chi connectivity index (χ4v) is 2.85. The highest BCUT2D eigenvalue weighted by Gasteiger charge is 2.48. The summed E-state index contributed by atoms with van der Waals surface area (Å²) in [6.45, 7) is 4.49. The van der Waals surface area contributed by atoms with Gasteiger partial charge in [0.2, 0.25) is 0 Å². The predicted octanol–water partition coefficient (Wildman–Crippen LogP) is 2.64. The minimum Gasteiger partial charge on any atom is -0.247 e. The molecule has 0 aromatic carbocycles. The van der Waals surface area contributed by atoms with E-state index in [9.17, 15) is 4.39 Å². The fraction of sp³-hybridized carbons (Fsp3) is 1.00. The summed E-state index contributed by atoms with van der Waals surface area (Å²) in [4.78, 5) is 0. The van der Waals surface area contributed by atoms with E-state index in [1.807, 2.05) is 0 Å². The quantitative estimate of drug-likeness (QED) is 0.487. The molecule has 2 rings (SSSR count). The summed E-state index contributed by atoms with van der Waals surface area (Å²) in [6, 6.07) is 0. The average molecular weight is 142 g/mol. The number of hydrogen-bond donors (Lipinski definition) is 0. The average Bonchev–Trinajstić information content (AvgIpc) is 2.36. The highest BCUT2D eigenvalue weighted by atomic mass is 19.1. The molecule has 0 amide bonds. The van der Waals surface area contributed by atoms with Gasteiger partial charge in [0, 0.05) is 0 Å². The highest BCUT2D eigenvalue weighted by Crippen LogP contribution is 2.52. The first-order valence-corrected chi connectivity index (χ1v) is 4.34. The molecule has 0 nitrogen and oxygen atoms in total. The Hall–Kier alpha value is -0.0700. The maximum absolute atomic E-state index is 13.0. The summed E-state index contributed by atoms with van der Waals surface area (Å²) in [5.41, 5.74) is 0. The minimum absolute atomic E-state index is 0.417. The van der Waals surface area contributed by atoms with Crippen molar-refractivity contribution in [2.45, 2.75) is 32.9 Å². The smallest absolute Gasteiger partial charge is 0.103 e. The van der Waals surface area contributed by atoms with Crippen molar-refractivity contribution in [3.63, 3.8) is 0 Å². The fourth-order valence-electron chi connectivity index (χ4n) is 2.85. The summed E-state index contributed by atoms with van der Waals surface area (Å²) >= 11 is 0. The molecule has 0 heterocycles. The molecular formula is C9H15F. The SMILES string of the molecule is CC1C2CC(F)C(C2)C1C. The van der Waals surface area contributed by atoms with E-state index in [-0.39, 0.29) is 0 Å². The second-order valence-corrected chi connectivity index (χ2v) is 4.13. The number of rotatable bonds is 0. The number of fused-ring (bicyclic) bond motifs is 2. The topological polar surface area (TPSA) is 0 Å². The maximum atomic E-state index is 13.0. The van der Waals surface area contributed by atoms with Crippen molar-refractivity contribution < 1.29 is 4.39 Å². The minimum atomic E-state index is -0.462. The standard InChI is InChI=1S/C9H15F/c1-5-6(2)8-3-7(5)4-9(8)10/h5-9H,3-4H2,1-2H3. The van der Waals surface area contributed by atoms with Crippen LogP contribution in [0, 0.1) is 23.7 Å². The van der Waals surface area contributed by atoms with Crippen LogP contribution in [0.3, 0.4) is 0 Å². The van der Waals surface area contributed by atoms with Crippen molar-refractivity contribution in [1.82, 2.24) is 0 Å². The van der Waals surface area contributed by atoms with E-state index in [0.717, 1.165) is 18.3 Å². The molecule has 2 aliphatic carbocycles. The zero-order valence-electron chi connectivity index (χ0n) is 6.68. The highest BCUT2D eigenvalue weighted by molar-refractivity contribution is 4.97. The van der Waals surface area contributed by atoms with Crippen LogP contribution in [0.25, 0.3) is 0 Å². The van der Waals surface area contributed by atoms with Crippen LogP contribution in [0.4, 0.5) is 4.39 Å². The first-order chi connectivity index (χ1) is 4.70. The van der Waals surface area contributed by atoms with E-state index in [1.165, 1.54) is 6.42 Å². The molecular weight excluding hydrogens is 127 g/mol. The molecule has 1 heteroatoms. The summed E-state index contributed by atoms with van der Waals surface area (Å²) in [7, 11) is 0. The molecule has 2 fully saturated rings.